The summed E-state index contributed by atoms with van der Waals surface area (Å²) in [5.41, 5.74) is 8.88. The highest BCUT2D eigenvalue weighted by molar-refractivity contribution is 7.11. The van der Waals surface area contributed by atoms with Gasteiger partial charge in [-0.3, -0.25) is 0 Å². The van der Waals surface area contributed by atoms with Crippen LogP contribution in [0.1, 0.15) is 46.3 Å². The number of benzene rings is 1. The van der Waals surface area contributed by atoms with E-state index < -0.39 is 0 Å². The van der Waals surface area contributed by atoms with E-state index in [9.17, 15) is 0 Å². The van der Waals surface area contributed by atoms with Gasteiger partial charge >= 0.3 is 0 Å². The van der Waals surface area contributed by atoms with Gasteiger partial charge in [-0.15, -0.1) is 11.3 Å². The second-order valence-electron chi connectivity index (χ2n) is 5.13. The van der Waals surface area contributed by atoms with Crippen LogP contribution in [0.25, 0.3) is 0 Å². The maximum atomic E-state index is 6.19. The first-order valence-corrected chi connectivity index (χ1v) is 7.75. The lowest BCUT2D eigenvalue weighted by Crippen LogP contribution is -2.19. The summed E-state index contributed by atoms with van der Waals surface area (Å²) >= 11 is 1.90. The van der Waals surface area contributed by atoms with Crippen molar-refractivity contribution in [3.63, 3.8) is 0 Å². The molecule has 2 aromatic rings. The molecule has 3 heteroatoms. The monoisotopic (exact) mass is 272 g/mol. The van der Waals surface area contributed by atoms with E-state index in [-0.39, 0.29) is 6.04 Å². The van der Waals surface area contributed by atoms with E-state index >= 15 is 0 Å². The Labute approximate surface area is 118 Å². The SMILES string of the molecule is CCc1ccc(CNC2CC(N)c3ccccc32)s1. The summed E-state index contributed by atoms with van der Waals surface area (Å²) in [6, 6.07) is 13.6. The lowest BCUT2D eigenvalue weighted by molar-refractivity contribution is 0.501. The molecule has 0 spiro atoms. The van der Waals surface area contributed by atoms with Crippen molar-refractivity contribution >= 4 is 11.3 Å². The van der Waals surface area contributed by atoms with Crippen LogP contribution in [0.5, 0.6) is 0 Å². The summed E-state index contributed by atoms with van der Waals surface area (Å²) in [4.78, 5) is 2.87. The van der Waals surface area contributed by atoms with Crippen molar-refractivity contribution in [2.24, 2.45) is 5.73 Å². The number of aryl methyl sites for hydroxylation is 1. The van der Waals surface area contributed by atoms with Crippen molar-refractivity contribution in [1.82, 2.24) is 5.32 Å². The molecule has 1 aromatic heterocycles. The molecule has 0 aliphatic heterocycles. The predicted octanol–water partition coefficient (Wildman–Crippen LogP) is 3.54. The minimum atomic E-state index is 0.184. The zero-order valence-electron chi connectivity index (χ0n) is 11.2. The van der Waals surface area contributed by atoms with Gasteiger partial charge in [0.05, 0.1) is 0 Å². The van der Waals surface area contributed by atoms with E-state index in [2.05, 4.69) is 48.6 Å². The highest BCUT2D eigenvalue weighted by Crippen LogP contribution is 2.37. The number of thiophene rings is 1. The Morgan fingerprint density at radius 3 is 2.63 bits per heavy atom. The van der Waals surface area contributed by atoms with E-state index in [4.69, 9.17) is 5.73 Å². The zero-order chi connectivity index (χ0) is 13.2. The van der Waals surface area contributed by atoms with Gasteiger partial charge in [-0.1, -0.05) is 31.2 Å². The highest BCUT2D eigenvalue weighted by atomic mass is 32.1. The summed E-state index contributed by atoms with van der Waals surface area (Å²) in [5.74, 6) is 0. The molecular formula is C16H20N2S. The van der Waals surface area contributed by atoms with Crippen LogP contribution in [0.15, 0.2) is 36.4 Å². The normalized spacial score (nSPS) is 21.6. The average Bonchev–Trinajstić information content (AvgIpc) is 3.02. The van der Waals surface area contributed by atoms with Crippen LogP contribution in [0.4, 0.5) is 0 Å². The third-order valence-electron chi connectivity index (χ3n) is 3.85. The molecule has 3 N–H and O–H groups in total. The van der Waals surface area contributed by atoms with Crippen molar-refractivity contribution in [2.75, 3.05) is 0 Å². The van der Waals surface area contributed by atoms with E-state index in [1.165, 1.54) is 20.9 Å². The van der Waals surface area contributed by atoms with Gasteiger partial charge in [0, 0.05) is 28.4 Å². The molecule has 100 valence electrons. The topological polar surface area (TPSA) is 38.0 Å². The Bertz CT molecular complexity index is 561. The van der Waals surface area contributed by atoms with E-state index in [0.717, 1.165) is 19.4 Å². The minimum Gasteiger partial charge on any atom is -0.324 e. The molecule has 0 radical (unpaired) electrons. The average molecular weight is 272 g/mol. The standard InChI is InChI=1S/C16H20N2S/c1-2-11-7-8-12(19-11)10-18-16-9-15(17)13-5-3-4-6-14(13)16/h3-8,15-16,18H,2,9-10,17H2,1H3. The van der Waals surface area contributed by atoms with Crippen LogP contribution in [0.2, 0.25) is 0 Å². The van der Waals surface area contributed by atoms with E-state index in [1.54, 1.807) is 0 Å². The number of nitrogens with two attached hydrogens (primary N) is 1. The van der Waals surface area contributed by atoms with Gasteiger partial charge in [-0.2, -0.15) is 0 Å². The molecule has 1 aliphatic carbocycles. The molecule has 0 amide bonds. The molecule has 2 atom stereocenters. The fraction of sp³-hybridized carbons (Fsp3) is 0.375. The largest absolute Gasteiger partial charge is 0.324 e. The first kappa shape index (κ1) is 12.9. The Morgan fingerprint density at radius 2 is 1.89 bits per heavy atom. The van der Waals surface area contributed by atoms with Crippen LogP contribution in [0, 0.1) is 0 Å². The van der Waals surface area contributed by atoms with Crippen molar-refractivity contribution in [3.05, 3.63) is 57.3 Å². The molecule has 0 bridgehead atoms. The maximum Gasteiger partial charge on any atom is 0.0344 e. The summed E-state index contributed by atoms with van der Waals surface area (Å²) in [7, 11) is 0. The van der Waals surface area contributed by atoms with Crippen molar-refractivity contribution < 1.29 is 0 Å². The van der Waals surface area contributed by atoms with Crippen molar-refractivity contribution in [3.8, 4) is 0 Å². The second-order valence-corrected chi connectivity index (χ2v) is 6.38. The molecular weight excluding hydrogens is 252 g/mol. The molecule has 2 nitrogen and oxygen atoms in total. The van der Waals surface area contributed by atoms with Gasteiger partial charge < -0.3 is 11.1 Å². The maximum absolute atomic E-state index is 6.19. The molecule has 1 aromatic carbocycles. The van der Waals surface area contributed by atoms with E-state index in [1.807, 2.05) is 11.3 Å². The fourth-order valence-electron chi connectivity index (χ4n) is 2.80. The molecule has 19 heavy (non-hydrogen) atoms. The Kier molecular flexibility index (Phi) is 3.69. The van der Waals surface area contributed by atoms with Crippen LogP contribution >= 0.6 is 11.3 Å². The van der Waals surface area contributed by atoms with Crippen LogP contribution < -0.4 is 11.1 Å². The van der Waals surface area contributed by atoms with Gasteiger partial charge in [0.1, 0.15) is 0 Å². The second kappa shape index (κ2) is 5.45. The van der Waals surface area contributed by atoms with Crippen LogP contribution in [-0.4, -0.2) is 0 Å². The lowest BCUT2D eigenvalue weighted by Gasteiger charge is -2.13. The van der Waals surface area contributed by atoms with Crippen LogP contribution in [-0.2, 0) is 13.0 Å². The number of fused-ring (bicyclic) bond motifs is 1. The Hall–Kier alpha value is -1.16. The fourth-order valence-corrected chi connectivity index (χ4v) is 3.71. The minimum absolute atomic E-state index is 0.184. The first-order chi connectivity index (χ1) is 9.28. The van der Waals surface area contributed by atoms with Crippen molar-refractivity contribution in [1.29, 1.82) is 0 Å². The van der Waals surface area contributed by atoms with E-state index in [0.29, 0.717) is 6.04 Å². The summed E-state index contributed by atoms with van der Waals surface area (Å²) in [6.07, 6.45) is 2.13. The van der Waals surface area contributed by atoms with Gasteiger partial charge in [0.25, 0.3) is 0 Å². The third-order valence-corrected chi connectivity index (χ3v) is 5.08. The quantitative estimate of drug-likeness (QED) is 0.893. The molecule has 2 unspecified atom stereocenters. The molecule has 3 rings (SSSR count). The summed E-state index contributed by atoms with van der Waals surface area (Å²) in [6.45, 7) is 3.14. The van der Waals surface area contributed by atoms with Crippen LogP contribution in [0.3, 0.4) is 0 Å². The Morgan fingerprint density at radius 1 is 1.16 bits per heavy atom. The lowest BCUT2D eigenvalue weighted by atomic mass is 10.1. The summed E-state index contributed by atoms with van der Waals surface area (Å²) in [5, 5.41) is 3.65. The summed E-state index contributed by atoms with van der Waals surface area (Å²) < 4.78 is 0. The highest BCUT2D eigenvalue weighted by Gasteiger charge is 2.27. The van der Waals surface area contributed by atoms with Gasteiger partial charge in [0.2, 0.25) is 0 Å². The first-order valence-electron chi connectivity index (χ1n) is 6.93. The number of hydrogen-bond donors (Lipinski definition) is 2. The smallest absolute Gasteiger partial charge is 0.0344 e. The van der Waals surface area contributed by atoms with Gasteiger partial charge in [-0.25, -0.2) is 0 Å². The molecule has 0 saturated carbocycles. The number of hydrogen-bond acceptors (Lipinski definition) is 3. The third kappa shape index (κ3) is 2.59. The predicted molar refractivity (Wildman–Crippen MR) is 81.3 cm³/mol. The molecule has 0 saturated heterocycles. The zero-order valence-corrected chi connectivity index (χ0v) is 12.0. The Balaban J connectivity index is 1.68. The van der Waals surface area contributed by atoms with Crippen molar-refractivity contribution in [2.45, 2.75) is 38.4 Å². The van der Waals surface area contributed by atoms with Gasteiger partial charge in [0.15, 0.2) is 0 Å². The van der Waals surface area contributed by atoms with Gasteiger partial charge in [-0.05, 0) is 36.1 Å². The molecule has 0 fully saturated rings. The number of rotatable bonds is 4. The number of nitrogens with one attached hydrogen (secondary N) is 1. The molecule has 1 heterocycles. The molecule has 1 aliphatic rings.